The van der Waals surface area contributed by atoms with Gasteiger partial charge in [0, 0.05) is 26.2 Å². The van der Waals surface area contributed by atoms with Crippen molar-refractivity contribution in [1.29, 1.82) is 5.26 Å². The molecule has 1 saturated heterocycles. The van der Waals surface area contributed by atoms with Gasteiger partial charge in [0.2, 0.25) is 0 Å². The molecule has 1 aliphatic heterocycles. The molecule has 5 heteroatoms. The van der Waals surface area contributed by atoms with Gasteiger partial charge in [-0.1, -0.05) is 24.3 Å². The lowest BCUT2D eigenvalue weighted by Gasteiger charge is -2.22. The van der Waals surface area contributed by atoms with E-state index in [1.807, 2.05) is 36.4 Å². The maximum atomic E-state index is 11.1. The summed E-state index contributed by atoms with van der Waals surface area (Å²) in [7, 11) is 0. The SMILES string of the molecule is N#Cc1ccc(CN2CCCN(Cc3cccc(C(=O)O)c3)CC2)cc1. The van der Waals surface area contributed by atoms with Gasteiger partial charge in [0.05, 0.1) is 17.2 Å². The highest BCUT2D eigenvalue weighted by atomic mass is 16.4. The Balaban J connectivity index is 1.55. The van der Waals surface area contributed by atoms with Crippen molar-refractivity contribution in [2.75, 3.05) is 26.2 Å². The highest BCUT2D eigenvalue weighted by Crippen LogP contribution is 2.13. The molecular formula is C21H23N3O2. The van der Waals surface area contributed by atoms with E-state index in [4.69, 9.17) is 10.4 Å². The van der Waals surface area contributed by atoms with Crippen LogP contribution in [0.15, 0.2) is 48.5 Å². The smallest absolute Gasteiger partial charge is 0.335 e. The molecule has 134 valence electrons. The van der Waals surface area contributed by atoms with Crippen LogP contribution in [0.2, 0.25) is 0 Å². The molecule has 0 radical (unpaired) electrons. The molecule has 0 bridgehead atoms. The Labute approximate surface area is 154 Å². The Bertz CT molecular complexity index is 796. The number of carbonyl (C=O) groups is 1. The van der Waals surface area contributed by atoms with Crippen LogP contribution in [0.4, 0.5) is 0 Å². The first-order valence-corrected chi connectivity index (χ1v) is 8.90. The minimum absolute atomic E-state index is 0.347. The zero-order chi connectivity index (χ0) is 18.4. The Morgan fingerprint density at radius 2 is 1.62 bits per heavy atom. The van der Waals surface area contributed by atoms with Crippen molar-refractivity contribution in [3.05, 3.63) is 70.8 Å². The van der Waals surface area contributed by atoms with E-state index in [-0.39, 0.29) is 0 Å². The monoisotopic (exact) mass is 349 g/mol. The molecule has 0 atom stereocenters. The fourth-order valence-electron chi connectivity index (χ4n) is 3.34. The predicted octanol–water partition coefficient (Wildman–Crippen LogP) is 2.96. The number of carboxylic acids is 1. The van der Waals surface area contributed by atoms with Crippen LogP contribution in [0, 0.1) is 11.3 Å². The number of nitrogens with zero attached hydrogens (tertiary/aromatic N) is 3. The fourth-order valence-corrected chi connectivity index (χ4v) is 3.34. The standard InChI is InChI=1S/C21H23N3O2/c22-14-17-5-7-18(8-6-17)15-23-9-2-10-24(12-11-23)16-19-3-1-4-20(13-19)21(25)26/h1,3-8,13H,2,9-12,15-16H2,(H,25,26). The lowest BCUT2D eigenvalue weighted by Crippen LogP contribution is -2.30. The summed E-state index contributed by atoms with van der Waals surface area (Å²) >= 11 is 0. The first kappa shape index (κ1) is 18.1. The summed E-state index contributed by atoms with van der Waals surface area (Å²) < 4.78 is 0. The van der Waals surface area contributed by atoms with Crippen LogP contribution in [0.1, 0.15) is 33.5 Å². The first-order chi connectivity index (χ1) is 12.6. The molecule has 0 aliphatic carbocycles. The number of hydrogen-bond donors (Lipinski definition) is 1. The normalized spacial score (nSPS) is 16.0. The largest absolute Gasteiger partial charge is 0.478 e. The van der Waals surface area contributed by atoms with Crippen LogP contribution in [0.5, 0.6) is 0 Å². The Morgan fingerprint density at radius 1 is 0.962 bits per heavy atom. The second kappa shape index (κ2) is 8.61. The lowest BCUT2D eigenvalue weighted by atomic mass is 10.1. The summed E-state index contributed by atoms with van der Waals surface area (Å²) in [6.45, 7) is 5.69. The lowest BCUT2D eigenvalue weighted by molar-refractivity contribution is 0.0696. The molecule has 1 aliphatic rings. The predicted molar refractivity (Wildman–Crippen MR) is 99.7 cm³/mol. The van der Waals surface area contributed by atoms with Crippen LogP contribution >= 0.6 is 0 Å². The quantitative estimate of drug-likeness (QED) is 0.899. The number of carboxylic acid groups (broad SMARTS) is 1. The molecule has 0 saturated carbocycles. The Kier molecular flexibility index (Phi) is 6.00. The first-order valence-electron chi connectivity index (χ1n) is 8.90. The van der Waals surface area contributed by atoms with Crippen LogP contribution in [-0.4, -0.2) is 47.1 Å². The van der Waals surface area contributed by atoms with Gasteiger partial charge in [-0.3, -0.25) is 9.80 Å². The van der Waals surface area contributed by atoms with Crippen LogP contribution in [0.25, 0.3) is 0 Å². The summed E-state index contributed by atoms with van der Waals surface area (Å²) in [4.78, 5) is 15.9. The molecule has 1 fully saturated rings. The molecule has 5 nitrogen and oxygen atoms in total. The average Bonchev–Trinajstić information content (AvgIpc) is 2.88. The second-order valence-corrected chi connectivity index (χ2v) is 6.72. The van der Waals surface area contributed by atoms with Crippen LogP contribution in [0.3, 0.4) is 0 Å². The van der Waals surface area contributed by atoms with Gasteiger partial charge < -0.3 is 5.11 Å². The van der Waals surface area contributed by atoms with E-state index >= 15 is 0 Å². The summed E-state index contributed by atoms with van der Waals surface area (Å²) in [5.41, 5.74) is 3.32. The van der Waals surface area contributed by atoms with Gasteiger partial charge in [-0.05, 0) is 54.9 Å². The van der Waals surface area contributed by atoms with Crippen LogP contribution in [-0.2, 0) is 13.1 Å². The number of benzene rings is 2. The van der Waals surface area contributed by atoms with Crippen molar-refractivity contribution >= 4 is 5.97 Å². The second-order valence-electron chi connectivity index (χ2n) is 6.72. The maximum Gasteiger partial charge on any atom is 0.335 e. The highest BCUT2D eigenvalue weighted by Gasteiger charge is 2.16. The summed E-state index contributed by atoms with van der Waals surface area (Å²) in [5.74, 6) is -0.878. The third kappa shape index (κ3) is 4.92. The molecule has 0 amide bonds. The minimum atomic E-state index is -0.878. The number of nitriles is 1. The van der Waals surface area contributed by atoms with Crippen molar-refractivity contribution in [3.63, 3.8) is 0 Å². The van der Waals surface area contributed by atoms with Gasteiger partial charge in [-0.2, -0.15) is 5.26 Å². The number of hydrogen-bond acceptors (Lipinski definition) is 4. The van der Waals surface area contributed by atoms with Gasteiger partial charge in [0.1, 0.15) is 0 Å². The van der Waals surface area contributed by atoms with E-state index in [9.17, 15) is 4.79 Å². The average molecular weight is 349 g/mol. The van der Waals surface area contributed by atoms with Crippen molar-refractivity contribution in [2.24, 2.45) is 0 Å². The van der Waals surface area contributed by atoms with Crippen molar-refractivity contribution < 1.29 is 9.90 Å². The summed E-state index contributed by atoms with van der Waals surface area (Å²) in [6.07, 6.45) is 1.09. The molecule has 0 unspecified atom stereocenters. The maximum absolute atomic E-state index is 11.1. The number of rotatable bonds is 5. The fraction of sp³-hybridized carbons (Fsp3) is 0.333. The van der Waals surface area contributed by atoms with Gasteiger partial charge in [0.15, 0.2) is 0 Å². The molecular weight excluding hydrogens is 326 g/mol. The summed E-state index contributed by atoms with van der Waals surface area (Å²) in [5, 5.41) is 18.0. The zero-order valence-electron chi connectivity index (χ0n) is 14.8. The molecule has 2 aromatic rings. The minimum Gasteiger partial charge on any atom is -0.478 e. The van der Waals surface area contributed by atoms with Crippen LogP contribution < -0.4 is 0 Å². The molecule has 26 heavy (non-hydrogen) atoms. The third-order valence-electron chi connectivity index (χ3n) is 4.75. The van der Waals surface area contributed by atoms with Gasteiger partial charge >= 0.3 is 5.97 Å². The van der Waals surface area contributed by atoms with E-state index < -0.39 is 5.97 Å². The highest BCUT2D eigenvalue weighted by molar-refractivity contribution is 5.87. The van der Waals surface area contributed by atoms with E-state index in [0.717, 1.165) is 51.3 Å². The zero-order valence-corrected chi connectivity index (χ0v) is 14.8. The Hall–Kier alpha value is -2.68. The van der Waals surface area contributed by atoms with Gasteiger partial charge in [-0.25, -0.2) is 4.79 Å². The third-order valence-corrected chi connectivity index (χ3v) is 4.75. The molecule has 0 aromatic heterocycles. The van der Waals surface area contributed by atoms with Gasteiger partial charge in [-0.15, -0.1) is 0 Å². The molecule has 0 spiro atoms. The van der Waals surface area contributed by atoms with E-state index in [0.29, 0.717) is 11.1 Å². The molecule has 3 rings (SSSR count). The van der Waals surface area contributed by atoms with Crippen molar-refractivity contribution in [2.45, 2.75) is 19.5 Å². The molecule has 1 N–H and O–H groups in total. The topological polar surface area (TPSA) is 67.6 Å². The van der Waals surface area contributed by atoms with E-state index in [1.165, 1.54) is 5.56 Å². The molecule has 1 heterocycles. The Morgan fingerprint density at radius 3 is 2.23 bits per heavy atom. The van der Waals surface area contributed by atoms with Gasteiger partial charge in [0.25, 0.3) is 0 Å². The number of aromatic carboxylic acids is 1. The van der Waals surface area contributed by atoms with E-state index in [2.05, 4.69) is 15.9 Å². The van der Waals surface area contributed by atoms with Crippen molar-refractivity contribution in [3.8, 4) is 6.07 Å². The summed E-state index contributed by atoms with van der Waals surface area (Å²) in [6, 6.07) is 17.1. The van der Waals surface area contributed by atoms with E-state index in [1.54, 1.807) is 12.1 Å². The van der Waals surface area contributed by atoms with Crippen molar-refractivity contribution in [1.82, 2.24) is 9.80 Å². The molecule has 2 aromatic carbocycles.